The second-order valence-corrected chi connectivity index (χ2v) is 9.79. The molecule has 4 aliphatic rings. The van der Waals surface area contributed by atoms with Crippen LogP contribution in [-0.4, -0.2) is 5.78 Å². The van der Waals surface area contributed by atoms with Gasteiger partial charge >= 0.3 is 0 Å². The average molecular weight is 327 g/mol. The van der Waals surface area contributed by atoms with Crippen molar-refractivity contribution in [1.29, 1.82) is 0 Å². The van der Waals surface area contributed by atoms with E-state index in [9.17, 15) is 4.79 Å². The fourth-order valence-corrected chi connectivity index (χ4v) is 7.63. The van der Waals surface area contributed by atoms with Crippen LogP contribution in [0, 0.1) is 40.4 Å². The lowest BCUT2D eigenvalue weighted by Gasteiger charge is -2.58. The Bertz CT molecular complexity index is 587. The summed E-state index contributed by atoms with van der Waals surface area (Å²) >= 11 is 0. The van der Waals surface area contributed by atoms with Crippen LogP contribution in [0.1, 0.15) is 72.1 Å². The molecular weight excluding hydrogens is 292 g/mol. The topological polar surface area (TPSA) is 17.1 Å². The predicted octanol–water partition coefficient (Wildman–Crippen LogP) is 5.96. The van der Waals surface area contributed by atoms with Gasteiger partial charge in [0.2, 0.25) is 0 Å². The van der Waals surface area contributed by atoms with E-state index in [1.165, 1.54) is 44.1 Å². The van der Waals surface area contributed by atoms with Gasteiger partial charge < -0.3 is 0 Å². The molecule has 3 fully saturated rings. The SMILES string of the molecule is C=C[C@@H](C)C1CCC2C3CCC4=CC(=O)CCC4(C)C3CCC21C. The molecule has 0 saturated heterocycles. The zero-order valence-corrected chi connectivity index (χ0v) is 15.8. The van der Waals surface area contributed by atoms with Gasteiger partial charge in [0, 0.05) is 6.42 Å². The number of ketones is 1. The van der Waals surface area contributed by atoms with Crippen LogP contribution in [0.3, 0.4) is 0 Å². The Hall–Kier alpha value is -0.850. The summed E-state index contributed by atoms with van der Waals surface area (Å²) in [4.78, 5) is 11.9. The molecule has 132 valence electrons. The minimum atomic E-state index is 0.320. The first-order valence-corrected chi connectivity index (χ1v) is 10.3. The quantitative estimate of drug-likeness (QED) is 0.572. The van der Waals surface area contributed by atoms with Gasteiger partial charge in [0.1, 0.15) is 0 Å². The van der Waals surface area contributed by atoms with E-state index in [1.54, 1.807) is 0 Å². The highest BCUT2D eigenvalue weighted by Gasteiger charge is 2.59. The summed E-state index contributed by atoms with van der Waals surface area (Å²) in [5, 5.41) is 0. The van der Waals surface area contributed by atoms with E-state index in [2.05, 4.69) is 33.4 Å². The van der Waals surface area contributed by atoms with Crippen molar-refractivity contribution in [1.82, 2.24) is 0 Å². The molecule has 3 saturated carbocycles. The first-order chi connectivity index (χ1) is 11.4. The summed E-state index contributed by atoms with van der Waals surface area (Å²) in [6.45, 7) is 11.6. The molecule has 7 atom stereocenters. The van der Waals surface area contributed by atoms with E-state index < -0.39 is 0 Å². The fourth-order valence-electron chi connectivity index (χ4n) is 7.63. The lowest BCUT2D eigenvalue weighted by molar-refractivity contribution is -0.117. The lowest BCUT2D eigenvalue weighted by Crippen LogP contribution is -2.50. The highest BCUT2D eigenvalue weighted by Crippen LogP contribution is 2.67. The van der Waals surface area contributed by atoms with Gasteiger partial charge in [-0.05, 0) is 91.4 Å². The second-order valence-electron chi connectivity index (χ2n) is 9.79. The highest BCUT2D eigenvalue weighted by molar-refractivity contribution is 5.91. The molecule has 4 aliphatic carbocycles. The molecule has 0 aromatic carbocycles. The van der Waals surface area contributed by atoms with Gasteiger partial charge in [0.25, 0.3) is 0 Å². The number of carbonyl (C=O) groups is 1. The van der Waals surface area contributed by atoms with Crippen molar-refractivity contribution in [3.05, 3.63) is 24.3 Å². The smallest absolute Gasteiger partial charge is 0.155 e. The summed E-state index contributed by atoms with van der Waals surface area (Å²) in [6, 6.07) is 0. The first kappa shape index (κ1) is 16.6. The number of fused-ring (bicyclic) bond motifs is 5. The molecule has 0 amide bonds. The molecule has 0 N–H and O–H groups in total. The maximum atomic E-state index is 11.9. The molecular formula is C23H34O. The van der Waals surface area contributed by atoms with Crippen molar-refractivity contribution >= 4 is 5.78 Å². The number of hydrogen-bond acceptors (Lipinski definition) is 1. The van der Waals surface area contributed by atoms with E-state index >= 15 is 0 Å². The Labute approximate surface area is 148 Å². The van der Waals surface area contributed by atoms with Crippen molar-refractivity contribution < 1.29 is 4.79 Å². The highest BCUT2D eigenvalue weighted by atomic mass is 16.1. The van der Waals surface area contributed by atoms with E-state index in [1.807, 2.05) is 6.08 Å². The van der Waals surface area contributed by atoms with Gasteiger partial charge in [-0.25, -0.2) is 0 Å². The zero-order valence-electron chi connectivity index (χ0n) is 15.8. The fraction of sp³-hybridized carbons (Fsp3) is 0.783. The Balaban J connectivity index is 1.65. The van der Waals surface area contributed by atoms with E-state index in [0.717, 1.165) is 36.5 Å². The molecule has 0 radical (unpaired) electrons. The van der Waals surface area contributed by atoms with Gasteiger partial charge in [-0.2, -0.15) is 0 Å². The summed E-state index contributed by atoms with van der Waals surface area (Å²) in [6.07, 6.45) is 14.2. The summed E-state index contributed by atoms with van der Waals surface area (Å²) in [5.41, 5.74) is 2.34. The summed E-state index contributed by atoms with van der Waals surface area (Å²) in [7, 11) is 0. The largest absolute Gasteiger partial charge is 0.295 e. The number of allylic oxidation sites excluding steroid dienone is 2. The van der Waals surface area contributed by atoms with Gasteiger partial charge in [0.05, 0.1) is 0 Å². The molecule has 0 spiro atoms. The van der Waals surface area contributed by atoms with Crippen LogP contribution < -0.4 is 0 Å². The molecule has 6 unspecified atom stereocenters. The van der Waals surface area contributed by atoms with Gasteiger partial charge in [-0.1, -0.05) is 32.4 Å². The standard InChI is InChI=1S/C23H34O/c1-5-15(2)19-8-9-20-18-7-6-16-14-17(24)10-12-22(16,3)21(18)11-13-23(19,20)4/h5,14-15,18-21H,1,6-13H2,2-4H3/t15-,18?,19?,20?,21?,22?,23?/m1/s1. The van der Waals surface area contributed by atoms with E-state index in [0.29, 0.717) is 22.5 Å². The molecule has 0 aromatic rings. The van der Waals surface area contributed by atoms with Gasteiger partial charge in [0.15, 0.2) is 5.78 Å². The molecule has 0 heterocycles. The third-order valence-electron chi connectivity index (χ3n) is 9.04. The van der Waals surface area contributed by atoms with Crippen molar-refractivity contribution in [2.24, 2.45) is 40.4 Å². The molecule has 24 heavy (non-hydrogen) atoms. The van der Waals surface area contributed by atoms with Crippen LogP contribution >= 0.6 is 0 Å². The number of hydrogen-bond donors (Lipinski definition) is 0. The molecule has 0 aliphatic heterocycles. The first-order valence-electron chi connectivity index (χ1n) is 10.3. The van der Waals surface area contributed by atoms with Crippen LogP contribution in [0.5, 0.6) is 0 Å². The van der Waals surface area contributed by atoms with Crippen LogP contribution in [0.25, 0.3) is 0 Å². The lowest BCUT2D eigenvalue weighted by atomic mass is 9.46. The normalized spacial score (nSPS) is 48.8. The summed E-state index contributed by atoms with van der Waals surface area (Å²) < 4.78 is 0. The minimum Gasteiger partial charge on any atom is -0.295 e. The maximum Gasteiger partial charge on any atom is 0.155 e. The van der Waals surface area contributed by atoms with Crippen molar-refractivity contribution in [3.63, 3.8) is 0 Å². The summed E-state index contributed by atoms with van der Waals surface area (Å²) in [5.74, 6) is 4.47. The Morgan fingerprint density at radius 3 is 2.67 bits per heavy atom. The van der Waals surface area contributed by atoms with E-state index in [-0.39, 0.29) is 0 Å². The molecule has 0 aromatic heterocycles. The van der Waals surface area contributed by atoms with E-state index in [4.69, 9.17) is 0 Å². The second kappa shape index (κ2) is 5.58. The molecule has 0 bridgehead atoms. The molecule has 1 nitrogen and oxygen atoms in total. The van der Waals surface area contributed by atoms with Crippen molar-refractivity contribution in [3.8, 4) is 0 Å². The van der Waals surface area contributed by atoms with Gasteiger partial charge in [-0.3, -0.25) is 4.79 Å². The predicted molar refractivity (Wildman–Crippen MR) is 99.6 cm³/mol. The molecule has 4 rings (SSSR count). The van der Waals surface area contributed by atoms with Crippen LogP contribution in [0.4, 0.5) is 0 Å². The van der Waals surface area contributed by atoms with Crippen LogP contribution in [0.2, 0.25) is 0 Å². The van der Waals surface area contributed by atoms with Crippen molar-refractivity contribution in [2.75, 3.05) is 0 Å². The van der Waals surface area contributed by atoms with Crippen molar-refractivity contribution in [2.45, 2.75) is 72.1 Å². The third-order valence-corrected chi connectivity index (χ3v) is 9.04. The zero-order chi connectivity index (χ0) is 17.1. The average Bonchev–Trinajstić information content (AvgIpc) is 2.92. The Kier molecular flexibility index (Phi) is 3.86. The number of carbonyl (C=O) groups excluding carboxylic acids is 1. The minimum absolute atomic E-state index is 0.320. The van der Waals surface area contributed by atoms with Gasteiger partial charge in [-0.15, -0.1) is 6.58 Å². The Morgan fingerprint density at radius 1 is 1.12 bits per heavy atom. The monoisotopic (exact) mass is 326 g/mol. The number of rotatable bonds is 2. The van der Waals surface area contributed by atoms with Crippen LogP contribution in [-0.2, 0) is 4.79 Å². The maximum absolute atomic E-state index is 11.9. The Morgan fingerprint density at radius 2 is 1.92 bits per heavy atom. The molecule has 1 heteroatoms. The third kappa shape index (κ3) is 2.15. The van der Waals surface area contributed by atoms with Crippen LogP contribution in [0.15, 0.2) is 24.3 Å².